The van der Waals surface area contributed by atoms with Crippen molar-refractivity contribution in [3.63, 3.8) is 0 Å². The third kappa shape index (κ3) is 4.43. The summed E-state index contributed by atoms with van der Waals surface area (Å²) in [6, 6.07) is 13.9. The van der Waals surface area contributed by atoms with E-state index in [1.54, 1.807) is 12.3 Å². The molecule has 2 aromatic rings. The fourth-order valence-electron chi connectivity index (χ4n) is 4.02. The van der Waals surface area contributed by atoms with Crippen molar-refractivity contribution in [3.8, 4) is 0 Å². The number of ether oxygens (including phenoxy) is 2. The quantitative estimate of drug-likeness (QED) is 0.776. The Morgan fingerprint density at radius 2 is 1.83 bits per heavy atom. The third-order valence-corrected chi connectivity index (χ3v) is 5.74. The summed E-state index contributed by atoms with van der Waals surface area (Å²) >= 11 is 0. The van der Waals surface area contributed by atoms with Crippen molar-refractivity contribution in [1.82, 2.24) is 9.88 Å². The van der Waals surface area contributed by atoms with E-state index in [0.29, 0.717) is 25.3 Å². The minimum absolute atomic E-state index is 0.0310. The van der Waals surface area contributed by atoms with E-state index in [4.69, 9.17) is 9.47 Å². The molecule has 1 aromatic heterocycles. The molecule has 2 saturated heterocycles. The number of aromatic nitrogens is 1. The summed E-state index contributed by atoms with van der Waals surface area (Å²) in [4.78, 5) is 21.9. The predicted molar refractivity (Wildman–Crippen MR) is 112 cm³/mol. The summed E-state index contributed by atoms with van der Waals surface area (Å²) in [5.41, 5.74) is 1.80. The van der Waals surface area contributed by atoms with E-state index in [2.05, 4.69) is 35.9 Å². The zero-order valence-corrected chi connectivity index (χ0v) is 17.2. The maximum absolute atomic E-state index is 13.3. The van der Waals surface area contributed by atoms with Crippen molar-refractivity contribution < 1.29 is 14.3 Å². The fourth-order valence-corrected chi connectivity index (χ4v) is 4.02. The Morgan fingerprint density at radius 3 is 2.48 bits per heavy atom. The van der Waals surface area contributed by atoms with Crippen LogP contribution >= 0.6 is 0 Å². The molecule has 29 heavy (non-hydrogen) atoms. The van der Waals surface area contributed by atoms with Gasteiger partial charge in [0.15, 0.2) is 5.79 Å². The molecule has 0 saturated carbocycles. The van der Waals surface area contributed by atoms with Crippen molar-refractivity contribution in [3.05, 3.63) is 59.8 Å². The van der Waals surface area contributed by atoms with Crippen LogP contribution in [0.15, 0.2) is 48.7 Å². The number of anilines is 1. The number of pyridine rings is 1. The minimum atomic E-state index is -0.409. The molecule has 6 heteroatoms. The molecule has 0 unspecified atom stereocenters. The molecule has 4 rings (SSSR count). The van der Waals surface area contributed by atoms with E-state index in [1.807, 2.05) is 29.2 Å². The van der Waals surface area contributed by atoms with E-state index in [1.165, 1.54) is 0 Å². The van der Waals surface area contributed by atoms with Gasteiger partial charge in [-0.25, -0.2) is 4.98 Å². The van der Waals surface area contributed by atoms with Gasteiger partial charge in [0.2, 0.25) is 0 Å². The number of amides is 1. The van der Waals surface area contributed by atoms with Gasteiger partial charge in [0, 0.05) is 50.3 Å². The van der Waals surface area contributed by atoms with E-state index in [0.717, 1.165) is 37.3 Å². The molecule has 2 aliphatic heterocycles. The zero-order valence-electron chi connectivity index (χ0n) is 17.2. The maximum atomic E-state index is 13.3. The van der Waals surface area contributed by atoms with Gasteiger partial charge in [-0.3, -0.25) is 4.79 Å². The average Bonchev–Trinajstić information content (AvgIpc) is 3.20. The van der Waals surface area contributed by atoms with Gasteiger partial charge in [-0.1, -0.05) is 30.3 Å². The molecule has 0 atom stereocenters. The van der Waals surface area contributed by atoms with Crippen LogP contribution in [0.3, 0.4) is 0 Å². The first-order valence-electron chi connectivity index (χ1n) is 10.4. The van der Waals surface area contributed by atoms with Gasteiger partial charge in [-0.2, -0.15) is 0 Å². The van der Waals surface area contributed by atoms with Gasteiger partial charge in [0.1, 0.15) is 5.82 Å². The second-order valence-electron chi connectivity index (χ2n) is 8.01. The molecule has 154 valence electrons. The van der Waals surface area contributed by atoms with Crippen molar-refractivity contribution in [2.45, 2.75) is 45.1 Å². The predicted octanol–water partition coefficient (Wildman–Crippen LogP) is 3.48. The number of carbonyl (C=O) groups excluding carboxylic acids is 1. The van der Waals surface area contributed by atoms with Crippen molar-refractivity contribution >= 4 is 11.7 Å². The molecule has 0 N–H and O–H groups in total. The molecular formula is C23H29N3O3. The Balaban J connectivity index is 1.47. The zero-order chi connectivity index (χ0) is 20.3. The lowest BCUT2D eigenvalue weighted by Crippen LogP contribution is -2.45. The van der Waals surface area contributed by atoms with Crippen molar-refractivity contribution in [1.29, 1.82) is 0 Å². The highest BCUT2D eigenvalue weighted by atomic mass is 16.7. The third-order valence-electron chi connectivity index (χ3n) is 5.74. The molecule has 2 aliphatic rings. The van der Waals surface area contributed by atoms with Gasteiger partial charge in [0.25, 0.3) is 5.91 Å². The molecule has 0 aliphatic carbocycles. The summed E-state index contributed by atoms with van der Waals surface area (Å²) in [5, 5.41) is 0. The summed E-state index contributed by atoms with van der Waals surface area (Å²) < 4.78 is 11.6. The maximum Gasteiger partial charge on any atom is 0.254 e. The highest BCUT2D eigenvalue weighted by Gasteiger charge is 2.40. The van der Waals surface area contributed by atoms with Crippen LogP contribution in [-0.4, -0.2) is 53.9 Å². The van der Waals surface area contributed by atoms with Crippen LogP contribution in [0.4, 0.5) is 5.82 Å². The van der Waals surface area contributed by atoms with E-state index in [9.17, 15) is 4.79 Å². The van der Waals surface area contributed by atoms with E-state index < -0.39 is 5.79 Å². The first-order valence-corrected chi connectivity index (χ1v) is 10.4. The normalized spacial score (nSPS) is 18.4. The minimum Gasteiger partial charge on any atom is -0.356 e. The lowest BCUT2D eigenvalue weighted by molar-refractivity contribution is -0.169. The van der Waals surface area contributed by atoms with E-state index >= 15 is 0 Å². The second kappa shape index (κ2) is 8.51. The monoisotopic (exact) mass is 395 g/mol. The Kier molecular flexibility index (Phi) is 5.83. The van der Waals surface area contributed by atoms with Crippen LogP contribution in [0.5, 0.6) is 0 Å². The van der Waals surface area contributed by atoms with Gasteiger partial charge in [0.05, 0.1) is 13.2 Å². The number of hydrogen-bond donors (Lipinski definition) is 0. The molecular weight excluding hydrogens is 366 g/mol. The first-order chi connectivity index (χ1) is 14.1. The van der Waals surface area contributed by atoms with Gasteiger partial charge in [-0.15, -0.1) is 0 Å². The van der Waals surface area contributed by atoms with E-state index in [-0.39, 0.29) is 11.9 Å². The summed E-state index contributed by atoms with van der Waals surface area (Å²) in [6.07, 6.45) is 3.37. The smallest absolute Gasteiger partial charge is 0.254 e. The summed E-state index contributed by atoms with van der Waals surface area (Å²) in [6.45, 7) is 7.66. The molecule has 1 amide bonds. The Hall–Kier alpha value is -2.44. The van der Waals surface area contributed by atoms with Crippen molar-refractivity contribution in [2.75, 3.05) is 31.2 Å². The Labute approximate surface area is 172 Å². The number of hydrogen-bond acceptors (Lipinski definition) is 5. The van der Waals surface area contributed by atoms with Crippen LogP contribution in [-0.2, 0) is 16.0 Å². The lowest BCUT2D eigenvalue weighted by atomic mass is 10.0. The number of nitrogens with zero attached hydrogens (tertiary/aromatic N) is 3. The molecule has 1 aromatic carbocycles. The highest BCUT2D eigenvalue weighted by Crippen LogP contribution is 2.32. The molecule has 1 spiro atoms. The van der Waals surface area contributed by atoms with Gasteiger partial charge >= 0.3 is 0 Å². The Bertz CT molecular complexity index is 824. The SMILES string of the molecule is CC(C)N(Cc1ccccc1)C(=O)c1ccnc(N2CCC3(CC2)OCCO3)c1. The second-order valence-corrected chi connectivity index (χ2v) is 8.01. The number of piperidine rings is 1. The van der Waals surface area contributed by atoms with Crippen LogP contribution < -0.4 is 4.90 Å². The standard InChI is InChI=1S/C23H29N3O3/c1-18(2)26(17-19-6-4-3-5-7-19)22(27)20-8-11-24-21(16-20)25-12-9-23(10-13-25)28-14-15-29-23/h3-8,11,16,18H,9-10,12-15,17H2,1-2H3. The summed E-state index contributed by atoms with van der Waals surface area (Å²) in [5.74, 6) is 0.462. The van der Waals surface area contributed by atoms with Crippen LogP contribution in [0.2, 0.25) is 0 Å². The average molecular weight is 396 g/mol. The number of rotatable bonds is 5. The van der Waals surface area contributed by atoms with Crippen LogP contribution in [0, 0.1) is 0 Å². The van der Waals surface area contributed by atoms with Crippen LogP contribution in [0.25, 0.3) is 0 Å². The van der Waals surface area contributed by atoms with Crippen LogP contribution in [0.1, 0.15) is 42.6 Å². The Morgan fingerprint density at radius 1 is 1.14 bits per heavy atom. The topological polar surface area (TPSA) is 54.9 Å². The first kappa shape index (κ1) is 19.9. The number of benzene rings is 1. The van der Waals surface area contributed by atoms with Crippen molar-refractivity contribution in [2.24, 2.45) is 0 Å². The summed E-state index contributed by atoms with van der Waals surface area (Å²) in [7, 11) is 0. The molecule has 3 heterocycles. The largest absolute Gasteiger partial charge is 0.356 e. The molecule has 2 fully saturated rings. The fraction of sp³-hybridized carbons (Fsp3) is 0.478. The molecule has 0 bridgehead atoms. The molecule has 6 nitrogen and oxygen atoms in total. The lowest BCUT2D eigenvalue weighted by Gasteiger charge is -2.38. The van der Waals surface area contributed by atoms with Gasteiger partial charge < -0.3 is 19.3 Å². The number of carbonyl (C=O) groups is 1. The highest BCUT2D eigenvalue weighted by molar-refractivity contribution is 5.95. The van der Waals surface area contributed by atoms with Gasteiger partial charge in [-0.05, 0) is 31.5 Å². The molecule has 0 radical (unpaired) electrons.